The Bertz CT molecular complexity index is 1010. The van der Waals surface area contributed by atoms with E-state index in [9.17, 15) is 35.9 Å². The normalized spacial score (nSPS) is 19.4. The summed E-state index contributed by atoms with van der Waals surface area (Å²) in [4.78, 5) is 34.1. The molecule has 1 aliphatic rings. The summed E-state index contributed by atoms with van der Waals surface area (Å²) in [5, 5.41) is 2.55. The van der Waals surface area contributed by atoms with Crippen molar-refractivity contribution in [1.82, 2.24) is 15.3 Å². The van der Waals surface area contributed by atoms with Crippen LogP contribution in [-0.2, 0) is 14.3 Å². The van der Waals surface area contributed by atoms with E-state index in [4.69, 9.17) is 11.6 Å². The molecule has 1 saturated carbocycles. The molecule has 15 heteroatoms. The highest BCUT2D eigenvalue weighted by molar-refractivity contribution is 6.32. The molecule has 0 unspecified atom stereocenters. The fraction of sp³-hybridized carbons (Fsp3) is 0.400. The molecular formula is C20H17ClF6N4O4. The zero-order chi connectivity index (χ0) is 25.8. The SMILES string of the molecule is O=C(NC1CC(OC(F)F)C1)[C@@H](c1cncnc1)N(C(=O)[C@H](F)Cl)c1ccc(OC(F)(F)F)cc1. The van der Waals surface area contributed by atoms with Gasteiger partial charge >= 0.3 is 13.0 Å². The number of hydrogen-bond donors (Lipinski definition) is 1. The fourth-order valence-electron chi connectivity index (χ4n) is 3.41. The molecule has 3 rings (SSSR count). The summed E-state index contributed by atoms with van der Waals surface area (Å²) in [6.07, 6.45) is -2.16. The van der Waals surface area contributed by atoms with Crippen LogP contribution in [0.3, 0.4) is 0 Å². The van der Waals surface area contributed by atoms with Crippen molar-refractivity contribution < 1.29 is 45.4 Å². The number of ether oxygens (including phenoxy) is 2. The maximum absolute atomic E-state index is 13.9. The number of hydrogen-bond acceptors (Lipinski definition) is 6. The van der Waals surface area contributed by atoms with Gasteiger partial charge in [-0.05, 0) is 37.1 Å². The van der Waals surface area contributed by atoms with Crippen molar-refractivity contribution >= 4 is 29.1 Å². The van der Waals surface area contributed by atoms with Crippen LogP contribution >= 0.6 is 11.6 Å². The van der Waals surface area contributed by atoms with Gasteiger partial charge < -0.3 is 14.8 Å². The molecule has 8 nitrogen and oxygen atoms in total. The molecule has 0 radical (unpaired) electrons. The number of nitrogens with zero attached hydrogens (tertiary/aromatic N) is 3. The van der Waals surface area contributed by atoms with E-state index in [0.717, 1.165) is 30.6 Å². The van der Waals surface area contributed by atoms with Gasteiger partial charge in [0.15, 0.2) is 0 Å². The van der Waals surface area contributed by atoms with Gasteiger partial charge in [-0.1, -0.05) is 11.6 Å². The van der Waals surface area contributed by atoms with Crippen LogP contribution in [0.5, 0.6) is 5.75 Å². The first-order chi connectivity index (χ1) is 16.4. The molecule has 2 amide bonds. The first-order valence-corrected chi connectivity index (χ1v) is 10.3. The minimum Gasteiger partial charge on any atom is -0.406 e. The van der Waals surface area contributed by atoms with Crippen LogP contribution in [0.15, 0.2) is 43.0 Å². The van der Waals surface area contributed by atoms with Gasteiger partial charge in [-0.2, -0.15) is 8.78 Å². The van der Waals surface area contributed by atoms with Crippen LogP contribution in [-0.4, -0.2) is 52.5 Å². The van der Waals surface area contributed by atoms with Crippen LogP contribution in [0.1, 0.15) is 24.4 Å². The predicted molar refractivity (Wildman–Crippen MR) is 108 cm³/mol. The highest BCUT2D eigenvalue weighted by Gasteiger charge is 2.40. The summed E-state index contributed by atoms with van der Waals surface area (Å²) in [5.74, 6) is -2.88. The van der Waals surface area contributed by atoms with E-state index < -0.39 is 54.4 Å². The summed E-state index contributed by atoms with van der Waals surface area (Å²) in [6.45, 7) is -2.98. The first kappa shape index (κ1) is 26.5. The third-order valence-electron chi connectivity index (χ3n) is 4.91. The van der Waals surface area contributed by atoms with E-state index in [1.54, 1.807) is 0 Å². The predicted octanol–water partition coefficient (Wildman–Crippen LogP) is 3.87. The van der Waals surface area contributed by atoms with Crippen molar-refractivity contribution in [3.63, 3.8) is 0 Å². The molecule has 1 aliphatic carbocycles. The molecule has 1 aromatic heterocycles. The number of nitrogens with one attached hydrogen (secondary N) is 1. The molecular weight excluding hydrogens is 510 g/mol. The maximum atomic E-state index is 13.9. The Morgan fingerprint density at radius 3 is 2.20 bits per heavy atom. The lowest BCUT2D eigenvalue weighted by atomic mass is 9.88. The zero-order valence-corrected chi connectivity index (χ0v) is 18.2. The van der Waals surface area contributed by atoms with Crippen molar-refractivity contribution in [3.8, 4) is 5.75 Å². The van der Waals surface area contributed by atoms with Crippen LogP contribution in [0.2, 0.25) is 0 Å². The number of carbonyl (C=O) groups is 2. The van der Waals surface area contributed by atoms with Gasteiger partial charge in [0.2, 0.25) is 5.91 Å². The molecule has 1 heterocycles. The van der Waals surface area contributed by atoms with Gasteiger partial charge in [-0.3, -0.25) is 14.5 Å². The van der Waals surface area contributed by atoms with Gasteiger partial charge in [0.1, 0.15) is 18.1 Å². The van der Waals surface area contributed by atoms with E-state index in [2.05, 4.69) is 24.8 Å². The highest BCUT2D eigenvalue weighted by atomic mass is 35.5. The molecule has 35 heavy (non-hydrogen) atoms. The number of aromatic nitrogens is 2. The second kappa shape index (κ2) is 11.1. The van der Waals surface area contributed by atoms with Crippen LogP contribution in [0.25, 0.3) is 0 Å². The lowest BCUT2D eigenvalue weighted by molar-refractivity contribution is -0.274. The number of benzene rings is 1. The maximum Gasteiger partial charge on any atom is 0.573 e. The molecule has 1 fully saturated rings. The zero-order valence-electron chi connectivity index (χ0n) is 17.5. The lowest BCUT2D eigenvalue weighted by Crippen LogP contribution is -2.53. The first-order valence-electron chi connectivity index (χ1n) is 9.90. The van der Waals surface area contributed by atoms with E-state index in [1.807, 2.05) is 0 Å². The molecule has 190 valence electrons. The van der Waals surface area contributed by atoms with E-state index in [0.29, 0.717) is 4.90 Å². The molecule has 0 bridgehead atoms. The minimum atomic E-state index is -4.98. The Labute approximate surface area is 199 Å². The lowest BCUT2D eigenvalue weighted by Gasteiger charge is -2.37. The van der Waals surface area contributed by atoms with Crippen LogP contribution < -0.4 is 15.0 Å². The Hall–Kier alpha value is -3.13. The van der Waals surface area contributed by atoms with Gasteiger partial charge in [-0.25, -0.2) is 14.4 Å². The Morgan fingerprint density at radius 2 is 1.69 bits per heavy atom. The van der Waals surface area contributed by atoms with E-state index in [-0.39, 0.29) is 24.1 Å². The third-order valence-corrected chi connectivity index (χ3v) is 5.10. The molecule has 0 aliphatic heterocycles. The Kier molecular flexibility index (Phi) is 8.38. The van der Waals surface area contributed by atoms with Crippen molar-refractivity contribution in [2.75, 3.05) is 4.90 Å². The van der Waals surface area contributed by atoms with Gasteiger partial charge in [0.25, 0.3) is 11.5 Å². The molecule has 2 atom stereocenters. The number of amides is 2. The number of halogens is 7. The van der Waals surface area contributed by atoms with Crippen LogP contribution in [0.4, 0.5) is 32.0 Å². The molecule has 0 saturated heterocycles. The standard InChI is InChI=1S/C20H17ClF6N4O4/c21-16(22)18(33)31(12-1-3-13(4-2-12)35-20(25,26)27)15(10-7-28-9-29-8-10)17(32)30-11-5-14(6-11)34-19(23)24/h1-4,7-9,11,14-16,19H,5-6H2,(H,30,32)/t11?,14?,15-,16+/m1/s1. The number of anilines is 1. The summed E-state index contributed by atoms with van der Waals surface area (Å²) in [7, 11) is 0. The summed E-state index contributed by atoms with van der Waals surface area (Å²) < 4.78 is 84.2. The number of rotatable bonds is 9. The molecule has 1 aromatic carbocycles. The van der Waals surface area contributed by atoms with Gasteiger partial charge in [0.05, 0.1) is 6.10 Å². The smallest absolute Gasteiger partial charge is 0.406 e. The third kappa shape index (κ3) is 7.18. The Morgan fingerprint density at radius 1 is 1.09 bits per heavy atom. The largest absolute Gasteiger partial charge is 0.573 e. The van der Waals surface area contributed by atoms with Crippen molar-refractivity contribution in [2.45, 2.75) is 49.6 Å². The summed E-state index contributed by atoms with van der Waals surface area (Å²) in [5.41, 5.74) is -2.79. The highest BCUT2D eigenvalue weighted by Crippen LogP contribution is 2.33. The molecule has 0 spiro atoms. The Balaban J connectivity index is 1.91. The van der Waals surface area contributed by atoms with Gasteiger partial charge in [-0.15, -0.1) is 13.2 Å². The topological polar surface area (TPSA) is 93.6 Å². The van der Waals surface area contributed by atoms with E-state index in [1.165, 1.54) is 12.4 Å². The summed E-state index contributed by atoms with van der Waals surface area (Å²) >= 11 is 5.36. The second-order valence-electron chi connectivity index (χ2n) is 7.32. The van der Waals surface area contributed by atoms with E-state index >= 15 is 0 Å². The van der Waals surface area contributed by atoms with Gasteiger partial charge in [0, 0.05) is 29.7 Å². The minimum absolute atomic E-state index is 0.0194. The number of alkyl halides is 7. The van der Waals surface area contributed by atoms with Crippen molar-refractivity contribution in [2.24, 2.45) is 0 Å². The fourth-order valence-corrected chi connectivity index (χ4v) is 3.51. The van der Waals surface area contributed by atoms with Crippen molar-refractivity contribution in [1.29, 1.82) is 0 Å². The molecule has 2 aromatic rings. The average Bonchev–Trinajstić information content (AvgIpc) is 2.75. The number of carbonyl (C=O) groups excluding carboxylic acids is 2. The average molecular weight is 527 g/mol. The quantitative estimate of drug-likeness (QED) is 0.394. The van der Waals surface area contributed by atoms with Crippen molar-refractivity contribution in [3.05, 3.63) is 48.5 Å². The second-order valence-corrected chi connectivity index (χ2v) is 7.70. The molecule has 1 N–H and O–H groups in total. The van der Waals surface area contributed by atoms with Crippen LogP contribution in [0, 0.1) is 0 Å². The monoisotopic (exact) mass is 526 g/mol. The summed E-state index contributed by atoms with van der Waals surface area (Å²) in [6, 6.07) is 1.52.